The van der Waals surface area contributed by atoms with Crippen molar-refractivity contribution in [3.63, 3.8) is 0 Å². The second-order valence-electron chi connectivity index (χ2n) is 9.84. The Morgan fingerprint density at radius 2 is 1.70 bits per heavy atom. The zero-order valence-corrected chi connectivity index (χ0v) is 18.1. The standard InChI is InChI=1S/C24H25F6N2O/c1-22-16-5-6-19(22)20(33-21-4-2-3-8-31-21)14-32(22,9-7-16)13-15-10-17(23(25,26)27)12-18(11-15)24(28,29)30/h2-4,8,10-12,16,19-20H,5-7,9,13-14H2,1H3/q+1/t16-,19+,20-,22+,32+/m0/s1. The largest absolute Gasteiger partial charge is 0.468 e. The lowest BCUT2D eigenvalue weighted by Gasteiger charge is -2.43. The number of hydrogen-bond donors (Lipinski definition) is 0. The minimum Gasteiger partial charge on any atom is -0.468 e. The van der Waals surface area contributed by atoms with E-state index in [2.05, 4.69) is 11.9 Å². The van der Waals surface area contributed by atoms with Crippen molar-refractivity contribution in [1.82, 2.24) is 4.98 Å². The van der Waals surface area contributed by atoms with Crippen LogP contribution in [0.4, 0.5) is 26.3 Å². The first-order chi connectivity index (χ1) is 15.4. The molecule has 3 nitrogen and oxygen atoms in total. The van der Waals surface area contributed by atoms with Crippen molar-refractivity contribution < 1.29 is 35.6 Å². The number of aromatic nitrogens is 1. The summed E-state index contributed by atoms with van der Waals surface area (Å²) in [4.78, 5) is 4.25. The van der Waals surface area contributed by atoms with Gasteiger partial charge in [-0.3, -0.25) is 0 Å². The van der Waals surface area contributed by atoms with E-state index >= 15 is 0 Å². The van der Waals surface area contributed by atoms with Gasteiger partial charge in [0.25, 0.3) is 0 Å². The molecule has 0 N–H and O–H groups in total. The third-order valence-corrected chi connectivity index (χ3v) is 8.35. The molecule has 2 aliphatic heterocycles. The summed E-state index contributed by atoms with van der Waals surface area (Å²) in [5.74, 6) is 1.06. The highest BCUT2D eigenvalue weighted by molar-refractivity contribution is 5.33. The van der Waals surface area contributed by atoms with Crippen LogP contribution in [-0.2, 0) is 18.9 Å². The summed E-state index contributed by atoms with van der Waals surface area (Å²) >= 11 is 0. The third-order valence-electron chi connectivity index (χ3n) is 8.35. The van der Waals surface area contributed by atoms with Gasteiger partial charge in [0, 0.05) is 30.2 Å². The fraction of sp³-hybridized carbons (Fsp3) is 0.542. The number of benzene rings is 1. The number of pyridine rings is 1. The van der Waals surface area contributed by atoms with Gasteiger partial charge in [-0.25, -0.2) is 4.98 Å². The van der Waals surface area contributed by atoms with E-state index in [9.17, 15) is 26.3 Å². The average molecular weight is 471 g/mol. The van der Waals surface area contributed by atoms with Crippen molar-refractivity contribution >= 4 is 0 Å². The second-order valence-corrected chi connectivity index (χ2v) is 9.84. The minimum absolute atomic E-state index is 0.0724. The van der Waals surface area contributed by atoms with Crippen LogP contribution in [0.2, 0.25) is 0 Å². The van der Waals surface area contributed by atoms with Crippen LogP contribution in [0.5, 0.6) is 5.88 Å². The summed E-state index contributed by atoms with van der Waals surface area (Å²) in [6, 6.07) is 7.35. The van der Waals surface area contributed by atoms with Gasteiger partial charge in [0.1, 0.15) is 18.6 Å². The quantitative estimate of drug-likeness (QED) is 0.398. The van der Waals surface area contributed by atoms with E-state index in [0.717, 1.165) is 37.9 Å². The molecule has 0 amide bonds. The summed E-state index contributed by atoms with van der Waals surface area (Å²) in [6.07, 6.45) is -5.37. The van der Waals surface area contributed by atoms with Gasteiger partial charge in [0.2, 0.25) is 5.88 Å². The summed E-state index contributed by atoms with van der Waals surface area (Å²) in [6.45, 7) is 3.55. The van der Waals surface area contributed by atoms with E-state index in [1.165, 1.54) is 0 Å². The molecule has 5 atom stereocenters. The Morgan fingerprint density at radius 3 is 2.30 bits per heavy atom. The molecule has 3 heterocycles. The van der Waals surface area contributed by atoms with Gasteiger partial charge in [-0.15, -0.1) is 0 Å². The van der Waals surface area contributed by atoms with E-state index in [-0.39, 0.29) is 35.7 Å². The Balaban J connectivity index is 1.52. The van der Waals surface area contributed by atoms with Crippen molar-refractivity contribution in [2.24, 2.45) is 11.8 Å². The maximum absolute atomic E-state index is 13.4. The Morgan fingerprint density at radius 1 is 1.00 bits per heavy atom. The molecule has 178 valence electrons. The molecule has 2 saturated heterocycles. The topological polar surface area (TPSA) is 22.1 Å². The molecule has 0 radical (unpaired) electrons. The summed E-state index contributed by atoms with van der Waals surface area (Å²) < 4.78 is 87.3. The highest BCUT2D eigenvalue weighted by Crippen LogP contribution is 2.61. The van der Waals surface area contributed by atoms with Crippen LogP contribution in [0.25, 0.3) is 0 Å². The van der Waals surface area contributed by atoms with Crippen LogP contribution in [0.15, 0.2) is 42.6 Å². The van der Waals surface area contributed by atoms with E-state index < -0.39 is 23.5 Å². The molecule has 0 unspecified atom stereocenters. The molecule has 1 aromatic carbocycles. The molecule has 0 bridgehead atoms. The number of quaternary nitrogens is 1. The van der Waals surface area contributed by atoms with Gasteiger partial charge in [0.15, 0.2) is 6.10 Å². The van der Waals surface area contributed by atoms with Gasteiger partial charge in [0.05, 0.1) is 23.6 Å². The molecule has 3 aliphatic rings. The lowest BCUT2D eigenvalue weighted by atomic mass is 9.83. The summed E-state index contributed by atoms with van der Waals surface area (Å²) in [7, 11) is 0. The van der Waals surface area contributed by atoms with Crippen LogP contribution in [0.3, 0.4) is 0 Å². The fourth-order valence-electron chi connectivity index (χ4n) is 6.87. The van der Waals surface area contributed by atoms with Crippen LogP contribution < -0.4 is 4.74 Å². The predicted octanol–water partition coefficient (Wildman–Crippen LogP) is 6.09. The molecule has 3 fully saturated rings. The zero-order chi connectivity index (χ0) is 23.6. The Hall–Kier alpha value is -2.29. The van der Waals surface area contributed by atoms with E-state index in [4.69, 9.17) is 4.74 Å². The first-order valence-corrected chi connectivity index (χ1v) is 11.1. The van der Waals surface area contributed by atoms with Crippen LogP contribution in [0, 0.1) is 11.8 Å². The van der Waals surface area contributed by atoms with Gasteiger partial charge in [-0.05, 0) is 44.0 Å². The predicted molar refractivity (Wildman–Crippen MR) is 108 cm³/mol. The van der Waals surface area contributed by atoms with Crippen molar-refractivity contribution in [3.05, 3.63) is 59.3 Å². The van der Waals surface area contributed by atoms with E-state index in [1.54, 1.807) is 18.3 Å². The Kier molecular flexibility index (Phi) is 5.01. The average Bonchev–Trinajstić information content (AvgIpc) is 3.30. The minimum atomic E-state index is -4.85. The maximum Gasteiger partial charge on any atom is 0.416 e. The SMILES string of the molecule is C[C@@]12[C@H]3CC[C@@H]1[C@@H](Oc1ccccn1)C[N@+]2(Cc1cc(C(F)(F)F)cc(C(F)(F)F)c1)CC3. The molecular weight excluding hydrogens is 446 g/mol. The molecule has 9 heteroatoms. The first kappa shape index (κ1) is 22.5. The second kappa shape index (κ2) is 7.35. The Labute approximate surface area is 188 Å². The highest BCUT2D eigenvalue weighted by Gasteiger charge is 2.71. The van der Waals surface area contributed by atoms with Gasteiger partial charge in [-0.2, -0.15) is 26.3 Å². The first-order valence-electron chi connectivity index (χ1n) is 11.1. The molecule has 1 saturated carbocycles. The van der Waals surface area contributed by atoms with Gasteiger partial charge in [-0.1, -0.05) is 6.07 Å². The van der Waals surface area contributed by atoms with Crippen molar-refractivity contribution in [3.8, 4) is 5.88 Å². The number of rotatable bonds is 4. The molecule has 5 rings (SSSR count). The number of ether oxygens (including phenoxy) is 1. The molecule has 2 aromatic rings. The molecule has 1 aromatic heterocycles. The van der Waals surface area contributed by atoms with E-state index in [0.29, 0.717) is 22.8 Å². The van der Waals surface area contributed by atoms with Crippen molar-refractivity contribution in [1.29, 1.82) is 0 Å². The lowest BCUT2D eigenvalue weighted by Crippen LogP contribution is -2.57. The highest BCUT2D eigenvalue weighted by atomic mass is 19.4. The van der Waals surface area contributed by atoms with Crippen LogP contribution >= 0.6 is 0 Å². The number of alkyl halides is 6. The lowest BCUT2D eigenvalue weighted by molar-refractivity contribution is -0.966. The van der Waals surface area contributed by atoms with Crippen molar-refractivity contribution in [2.75, 3.05) is 13.1 Å². The van der Waals surface area contributed by atoms with Gasteiger partial charge < -0.3 is 9.22 Å². The smallest absolute Gasteiger partial charge is 0.416 e. The van der Waals surface area contributed by atoms with Crippen LogP contribution in [0.1, 0.15) is 42.9 Å². The Bertz CT molecular complexity index is 1010. The van der Waals surface area contributed by atoms with Crippen LogP contribution in [-0.4, -0.2) is 34.2 Å². The molecule has 33 heavy (non-hydrogen) atoms. The summed E-state index contributed by atoms with van der Waals surface area (Å²) in [5, 5.41) is 0. The summed E-state index contributed by atoms with van der Waals surface area (Å²) in [5.41, 5.74) is -2.68. The van der Waals surface area contributed by atoms with Gasteiger partial charge >= 0.3 is 12.4 Å². The zero-order valence-electron chi connectivity index (χ0n) is 18.1. The molecule has 0 spiro atoms. The third kappa shape index (κ3) is 3.59. The number of hydrogen-bond acceptors (Lipinski definition) is 2. The fourth-order valence-corrected chi connectivity index (χ4v) is 6.87. The number of nitrogens with zero attached hydrogens (tertiary/aromatic N) is 2. The van der Waals surface area contributed by atoms with E-state index in [1.807, 2.05) is 6.07 Å². The van der Waals surface area contributed by atoms with Crippen molar-refractivity contribution in [2.45, 2.75) is 56.7 Å². The molecular formula is C24H25F6N2O+. The maximum atomic E-state index is 13.4. The normalized spacial score (nSPS) is 33.4. The molecule has 1 aliphatic carbocycles. The monoisotopic (exact) mass is 471 g/mol. The number of halogens is 6.